The smallest absolute Gasteiger partial charge is 0.163 e. The zero-order valence-electron chi connectivity index (χ0n) is 10.6. The van der Waals surface area contributed by atoms with Crippen LogP contribution in [0.5, 0.6) is 11.5 Å². The minimum atomic E-state index is -0.0341. The van der Waals surface area contributed by atoms with Gasteiger partial charge in [0.05, 0.1) is 5.56 Å². The molecule has 0 aromatic heterocycles. The van der Waals surface area contributed by atoms with Crippen molar-refractivity contribution >= 4 is 12.1 Å². The number of hydrogen-bond donors (Lipinski definition) is 0. The Bertz CT molecular complexity index is 585. The Morgan fingerprint density at radius 2 is 1.79 bits per heavy atom. The van der Waals surface area contributed by atoms with Crippen molar-refractivity contribution in [3.63, 3.8) is 0 Å². The van der Waals surface area contributed by atoms with Crippen LogP contribution in [0.3, 0.4) is 0 Å². The van der Waals surface area contributed by atoms with E-state index in [2.05, 4.69) is 0 Å². The summed E-state index contributed by atoms with van der Waals surface area (Å²) in [5, 5.41) is 0. The van der Waals surface area contributed by atoms with E-state index in [-0.39, 0.29) is 5.78 Å². The van der Waals surface area contributed by atoms with E-state index >= 15 is 0 Å². The number of benzene rings is 2. The highest BCUT2D eigenvalue weighted by molar-refractivity contribution is 5.96. The van der Waals surface area contributed by atoms with E-state index in [1.54, 1.807) is 30.3 Å². The van der Waals surface area contributed by atoms with Gasteiger partial charge < -0.3 is 9.53 Å². The van der Waals surface area contributed by atoms with Gasteiger partial charge in [0, 0.05) is 6.42 Å². The Morgan fingerprint density at radius 3 is 2.42 bits per heavy atom. The lowest BCUT2D eigenvalue weighted by Gasteiger charge is -2.09. The van der Waals surface area contributed by atoms with E-state index in [0.717, 1.165) is 11.8 Å². The molecule has 0 aliphatic rings. The van der Waals surface area contributed by atoms with Crippen molar-refractivity contribution in [1.29, 1.82) is 0 Å². The normalized spacial score (nSPS) is 9.95. The number of rotatable bonds is 5. The first-order valence-electron chi connectivity index (χ1n) is 6.01. The lowest BCUT2D eigenvalue weighted by Crippen LogP contribution is -1.96. The second-order valence-corrected chi connectivity index (χ2v) is 4.17. The molecule has 0 amide bonds. The molecule has 0 fully saturated rings. The third kappa shape index (κ3) is 3.28. The van der Waals surface area contributed by atoms with Gasteiger partial charge in [-0.2, -0.15) is 0 Å². The maximum atomic E-state index is 11.5. The molecule has 3 nitrogen and oxygen atoms in total. The SMILES string of the molecule is CC(=O)c1ccccc1Oc1ccc(CC=O)cc1. The first-order chi connectivity index (χ1) is 9.20. The molecule has 0 radical (unpaired) electrons. The summed E-state index contributed by atoms with van der Waals surface area (Å²) < 4.78 is 5.69. The number of Topliss-reactive ketones (excluding diaryl/α,β-unsaturated/α-hetero) is 1. The molecule has 0 aliphatic heterocycles. The van der Waals surface area contributed by atoms with Crippen molar-refractivity contribution < 1.29 is 14.3 Å². The Labute approximate surface area is 111 Å². The van der Waals surface area contributed by atoms with Gasteiger partial charge in [-0.1, -0.05) is 24.3 Å². The third-order valence-electron chi connectivity index (χ3n) is 2.74. The van der Waals surface area contributed by atoms with Crippen LogP contribution in [0.2, 0.25) is 0 Å². The Hall–Kier alpha value is -2.42. The summed E-state index contributed by atoms with van der Waals surface area (Å²) in [6.07, 6.45) is 1.26. The Balaban J connectivity index is 2.21. The van der Waals surface area contributed by atoms with Gasteiger partial charge in [-0.3, -0.25) is 4.79 Å². The van der Waals surface area contributed by atoms with E-state index in [9.17, 15) is 9.59 Å². The molecule has 0 aliphatic carbocycles. The van der Waals surface area contributed by atoms with Gasteiger partial charge in [0.25, 0.3) is 0 Å². The monoisotopic (exact) mass is 254 g/mol. The first kappa shape index (κ1) is 13.0. The maximum absolute atomic E-state index is 11.5. The second kappa shape index (κ2) is 5.96. The fourth-order valence-corrected chi connectivity index (χ4v) is 1.76. The molecule has 2 aromatic carbocycles. The van der Waals surface area contributed by atoms with Crippen molar-refractivity contribution in [2.75, 3.05) is 0 Å². The quantitative estimate of drug-likeness (QED) is 0.606. The van der Waals surface area contributed by atoms with Crippen molar-refractivity contribution in [2.24, 2.45) is 0 Å². The van der Waals surface area contributed by atoms with Crippen LogP contribution >= 0.6 is 0 Å². The average molecular weight is 254 g/mol. The summed E-state index contributed by atoms with van der Waals surface area (Å²) in [6.45, 7) is 1.51. The molecule has 0 heterocycles. The molecule has 19 heavy (non-hydrogen) atoms. The van der Waals surface area contributed by atoms with E-state index in [4.69, 9.17) is 4.74 Å². The van der Waals surface area contributed by atoms with Crippen LogP contribution in [0.25, 0.3) is 0 Å². The van der Waals surface area contributed by atoms with Gasteiger partial charge >= 0.3 is 0 Å². The molecule has 0 atom stereocenters. The molecule has 0 saturated heterocycles. The predicted molar refractivity (Wildman–Crippen MR) is 72.7 cm³/mol. The fraction of sp³-hybridized carbons (Fsp3) is 0.125. The molecular formula is C16H14O3. The largest absolute Gasteiger partial charge is 0.457 e. The summed E-state index contributed by atoms with van der Waals surface area (Å²) in [5.41, 5.74) is 1.49. The van der Waals surface area contributed by atoms with Crippen LogP contribution in [0, 0.1) is 0 Å². The Kier molecular flexibility index (Phi) is 4.08. The summed E-state index contributed by atoms with van der Waals surface area (Å²) in [4.78, 5) is 21.9. The number of ketones is 1. The lowest BCUT2D eigenvalue weighted by molar-refractivity contribution is -0.107. The predicted octanol–water partition coefficient (Wildman–Crippen LogP) is 3.42. The first-order valence-corrected chi connectivity index (χ1v) is 6.01. The molecule has 0 spiro atoms. The van der Waals surface area contributed by atoms with Crippen LogP contribution in [-0.4, -0.2) is 12.1 Å². The van der Waals surface area contributed by atoms with E-state index in [1.807, 2.05) is 18.2 Å². The van der Waals surface area contributed by atoms with E-state index in [0.29, 0.717) is 23.5 Å². The van der Waals surface area contributed by atoms with Crippen LogP contribution in [0.4, 0.5) is 0 Å². The van der Waals surface area contributed by atoms with E-state index in [1.165, 1.54) is 6.92 Å². The van der Waals surface area contributed by atoms with Crippen molar-refractivity contribution in [3.05, 3.63) is 59.7 Å². The molecule has 2 rings (SSSR count). The molecule has 0 saturated carbocycles. The number of aldehydes is 1. The highest BCUT2D eigenvalue weighted by atomic mass is 16.5. The number of hydrogen-bond acceptors (Lipinski definition) is 3. The average Bonchev–Trinajstić information content (AvgIpc) is 2.42. The van der Waals surface area contributed by atoms with E-state index < -0.39 is 0 Å². The van der Waals surface area contributed by atoms with Crippen LogP contribution < -0.4 is 4.74 Å². The molecule has 3 heteroatoms. The van der Waals surface area contributed by atoms with Crippen molar-refractivity contribution in [3.8, 4) is 11.5 Å². The highest BCUT2D eigenvalue weighted by Gasteiger charge is 2.08. The van der Waals surface area contributed by atoms with Crippen LogP contribution in [-0.2, 0) is 11.2 Å². The number of para-hydroxylation sites is 1. The van der Waals surface area contributed by atoms with Crippen molar-refractivity contribution in [2.45, 2.75) is 13.3 Å². The fourth-order valence-electron chi connectivity index (χ4n) is 1.76. The summed E-state index contributed by atoms with van der Waals surface area (Å²) in [7, 11) is 0. The summed E-state index contributed by atoms with van der Waals surface area (Å²) in [5.74, 6) is 1.15. The van der Waals surface area contributed by atoms with Gasteiger partial charge in [-0.05, 0) is 36.8 Å². The Morgan fingerprint density at radius 1 is 1.11 bits per heavy atom. The lowest BCUT2D eigenvalue weighted by atomic mass is 10.1. The van der Waals surface area contributed by atoms with Gasteiger partial charge in [0.2, 0.25) is 0 Å². The molecular weight excluding hydrogens is 240 g/mol. The summed E-state index contributed by atoms with van der Waals surface area (Å²) >= 11 is 0. The molecule has 0 unspecified atom stereocenters. The topological polar surface area (TPSA) is 43.4 Å². The standard InChI is InChI=1S/C16H14O3/c1-12(18)15-4-2-3-5-16(15)19-14-8-6-13(7-9-14)10-11-17/h2-9,11H,10H2,1H3. The minimum Gasteiger partial charge on any atom is -0.457 e. The van der Waals surface area contributed by atoms with Gasteiger partial charge in [0.15, 0.2) is 5.78 Å². The van der Waals surface area contributed by atoms with Gasteiger partial charge in [-0.15, -0.1) is 0 Å². The summed E-state index contributed by atoms with van der Waals surface area (Å²) in [6, 6.07) is 14.4. The molecule has 2 aromatic rings. The molecule has 0 N–H and O–H groups in total. The molecule has 0 bridgehead atoms. The zero-order valence-corrected chi connectivity index (χ0v) is 10.6. The third-order valence-corrected chi connectivity index (χ3v) is 2.74. The van der Waals surface area contributed by atoms with Crippen molar-refractivity contribution in [1.82, 2.24) is 0 Å². The van der Waals surface area contributed by atoms with Gasteiger partial charge in [-0.25, -0.2) is 0 Å². The minimum absolute atomic E-state index is 0.0341. The van der Waals surface area contributed by atoms with Gasteiger partial charge in [0.1, 0.15) is 17.8 Å². The zero-order chi connectivity index (χ0) is 13.7. The second-order valence-electron chi connectivity index (χ2n) is 4.17. The van der Waals surface area contributed by atoms with Crippen LogP contribution in [0.1, 0.15) is 22.8 Å². The number of carbonyl (C=O) groups excluding carboxylic acids is 2. The number of carbonyl (C=O) groups is 2. The number of ether oxygens (including phenoxy) is 1. The maximum Gasteiger partial charge on any atom is 0.163 e. The molecule has 96 valence electrons. The highest BCUT2D eigenvalue weighted by Crippen LogP contribution is 2.25. The van der Waals surface area contributed by atoms with Crippen LogP contribution in [0.15, 0.2) is 48.5 Å².